The van der Waals surface area contributed by atoms with Gasteiger partial charge in [0.25, 0.3) is 11.1 Å². The summed E-state index contributed by atoms with van der Waals surface area (Å²) < 4.78 is 5.76. The number of ether oxygens (including phenoxy) is 1. The fourth-order valence-electron chi connectivity index (χ4n) is 3.05. The summed E-state index contributed by atoms with van der Waals surface area (Å²) in [6.07, 6.45) is 1.55. The SMILES string of the molecule is O=C1S/C(=C/c2cc(Cl)c(OCc3ccc(Cl)cc3Cl)c(Cl)c2)C(=O)N1c1cccc(Cl)c1. The summed E-state index contributed by atoms with van der Waals surface area (Å²) in [7, 11) is 0. The second kappa shape index (κ2) is 10.2. The molecule has 1 fully saturated rings. The van der Waals surface area contributed by atoms with Crippen LogP contribution in [0.5, 0.6) is 5.75 Å². The zero-order valence-electron chi connectivity index (χ0n) is 16.5. The molecule has 33 heavy (non-hydrogen) atoms. The quantitative estimate of drug-likeness (QED) is 0.293. The summed E-state index contributed by atoms with van der Waals surface area (Å²) in [5.41, 5.74) is 1.65. The van der Waals surface area contributed by atoms with Crippen LogP contribution in [-0.4, -0.2) is 11.1 Å². The number of thioether (sulfide) groups is 1. The van der Waals surface area contributed by atoms with Gasteiger partial charge in [0.15, 0.2) is 5.75 Å². The van der Waals surface area contributed by atoms with E-state index < -0.39 is 11.1 Å². The van der Waals surface area contributed by atoms with Crippen LogP contribution in [0.3, 0.4) is 0 Å². The molecule has 4 nitrogen and oxygen atoms in total. The van der Waals surface area contributed by atoms with Gasteiger partial charge in [-0.25, -0.2) is 4.90 Å². The molecule has 1 aliphatic heterocycles. The number of hydrogen-bond acceptors (Lipinski definition) is 4. The molecule has 168 valence electrons. The first-order valence-electron chi connectivity index (χ1n) is 9.32. The Labute approximate surface area is 219 Å². The van der Waals surface area contributed by atoms with Crippen LogP contribution in [0.1, 0.15) is 11.1 Å². The van der Waals surface area contributed by atoms with Gasteiger partial charge < -0.3 is 4.74 Å². The molecule has 3 aromatic carbocycles. The third-order valence-corrected chi connectivity index (χ3v) is 6.82. The molecule has 0 saturated carbocycles. The van der Waals surface area contributed by atoms with Crippen LogP contribution in [0.15, 0.2) is 59.5 Å². The topological polar surface area (TPSA) is 46.6 Å². The molecule has 0 aromatic heterocycles. The number of halogens is 5. The molecule has 4 rings (SSSR count). The summed E-state index contributed by atoms with van der Waals surface area (Å²) in [6, 6.07) is 14.8. The molecule has 0 atom stereocenters. The van der Waals surface area contributed by atoms with Crippen LogP contribution < -0.4 is 9.64 Å². The van der Waals surface area contributed by atoms with Crippen molar-refractivity contribution in [2.24, 2.45) is 0 Å². The van der Waals surface area contributed by atoms with E-state index in [9.17, 15) is 9.59 Å². The maximum absolute atomic E-state index is 12.8. The van der Waals surface area contributed by atoms with Gasteiger partial charge in [-0.05, 0) is 65.9 Å². The molecule has 1 heterocycles. The van der Waals surface area contributed by atoms with Crippen molar-refractivity contribution in [2.75, 3.05) is 4.90 Å². The summed E-state index contributed by atoms with van der Waals surface area (Å²) in [5.74, 6) is -0.189. The third kappa shape index (κ3) is 5.46. The largest absolute Gasteiger partial charge is 0.486 e. The normalized spacial score (nSPS) is 14.9. The van der Waals surface area contributed by atoms with Crippen molar-refractivity contribution in [1.29, 1.82) is 0 Å². The van der Waals surface area contributed by atoms with E-state index in [0.717, 1.165) is 16.7 Å². The Morgan fingerprint density at radius 1 is 0.848 bits per heavy atom. The van der Waals surface area contributed by atoms with E-state index in [4.69, 9.17) is 62.7 Å². The van der Waals surface area contributed by atoms with Crippen LogP contribution in [0.4, 0.5) is 10.5 Å². The van der Waals surface area contributed by atoms with Crippen molar-refractivity contribution >= 4 is 92.7 Å². The molecule has 3 aromatic rings. The van der Waals surface area contributed by atoms with Crippen LogP contribution in [-0.2, 0) is 11.4 Å². The Balaban J connectivity index is 1.55. The number of carbonyl (C=O) groups excluding carboxylic acids is 2. The molecule has 0 spiro atoms. The van der Waals surface area contributed by atoms with Gasteiger partial charge in [-0.3, -0.25) is 9.59 Å². The number of imide groups is 1. The molecular formula is C23H12Cl5NO3S. The van der Waals surface area contributed by atoms with Gasteiger partial charge >= 0.3 is 0 Å². The van der Waals surface area contributed by atoms with Crippen molar-refractivity contribution in [3.63, 3.8) is 0 Å². The highest BCUT2D eigenvalue weighted by Crippen LogP contribution is 2.39. The number of nitrogens with zero attached hydrogens (tertiary/aromatic N) is 1. The lowest BCUT2D eigenvalue weighted by molar-refractivity contribution is -0.113. The predicted molar refractivity (Wildman–Crippen MR) is 137 cm³/mol. The molecule has 0 N–H and O–H groups in total. The highest BCUT2D eigenvalue weighted by molar-refractivity contribution is 8.19. The van der Waals surface area contributed by atoms with E-state index in [1.54, 1.807) is 60.7 Å². The van der Waals surface area contributed by atoms with Gasteiger partial charge in [0.05, 0.1) is 20.6 Å². The summed E-state index contributed by atoms with van der Waals surface area (Å²) in [6.45, 7) is 0.132. The first-order chi connectivity index (χ1) is 15.7. The smallest absolute Gasteiger partial charge is 0.298 e. The highest BCUT2D eigenvalue weighted by atomic mass is 35.5. The van der Waals surface area contributed by atoms with Crippen molar-refractivity contribution < 1.29 is 14.3 Å². The molecule has 0 unspecified atom stereocenters. The molecule has 0 radical (unpaired) electrons. The minimum Gasteiger partial charge on any atom is -0.486 e. The number of hydrogen-bond donors (Lipinski definition) is 0. The summed E-state index contributed by atoms with van der Waals surface area (Å²) >= 11 is 31.7. The van der Waals surface area contributed by atoms with Crippen molar-refractivity contribution in [3.8, 4) is 5.75 Å². The average Bonchev–Trinajstić information content (AvgIpc) is 3.01. The molecule has 1 saturated heterocycles. The average molecular weight is 560 g/mol. The van der Waals surface area contributed by atoms with Gasteiger partial charge in [0, 0.05) is 20.6 Å². The second-order valence-electron chi connectivity index (χ2n) is 6.84. The van der Waals surface area contributed by atoms with E-state index in [2.05, 4.69) is 0 Å². The lowest BCUT2D eigenvalue weighted by atomic mass is 10.2. The zero-order chi connectivity index (χ0) is 23.7. The van der Waals surface area contributed by atoms with Crippen LogP contribution >= 0.6 is 69.8 Å². The van der Waals surface area contributed by atoms with Crippen molar-refractivity contribution in [3.05, 3.63) is 95.7 Å². The lowest BCUT2D eigenvalue weighted by Gasteiger charge is -2.13. The van der Waals surface area contributed by atoms with E-state index in [1.807, 2.05) is 0 Å². The monoisotopic (exact) mass is 557 g/mol. The molecule has 1 aliphatic rings. The number of rotatable bonds is 5. The molecule has 2 amide bonds. The van der Waals surface area contributed by atoms with Crippen LogP contribution in [0.2, 0.25) is 25.1 Å². The number of amides is 2. The van der Waals surface area contributed by atoms with Crippen LogP contribution in [0.25, 0.3) is 6.08 Å². The second-order valence-corrected chi connectivity index (χ2v) is 9.92. The Bertz CT molecular complexity index is 1290. The lowest BCUT2D eigenvalue weighted by Crippen LogP contribution is -2.27. The number of carbonyl (C=O) groups is 2. The van der Waals surface area contributed by atoms with Gasteiger partial charge in [-0.2, -0.15) is 0 Å². The fraction of sp³-hybridized carbons (Fsp3) is 0.0435. The Morgan fingerprint density at radius 3 is 2.21 bits per heavy atom. The van der Waals surface area contributed by atoms with Gasteiger partial charge in [0.2, 0.25) is 0 Å². The van der Waals surface area contributed by atoms with Gasteiger partial charge in [-0.1, -0.05) is 70.1 Å². The fourth-order valence-corrected chi connectivity index (χ4v) is 5.15. The first-order valence-corrected chi connectivity index (χ1v) is 12.0. The Hall–Kier alpha value is -1.86. The van der Waals surface area contributed by atoms with E-state index in [-0.39, 0.29) is 27.3 Å². The van der Waals surface area contributed by atoms with E-state index in [0.29, 0.717) is 31.9 Å². The van der Waals surface area contributed by atoms with E-state index >= 15 is 0 Å². The third-order valence-electron chi connectivity index (χ3n) is 4.57. The zero-order valence-corrected chi connectivity index (χ0v) is 21.0. The maximum Gasteiger partial charge on any atom is 0.298 e. The maximum atomic E-state index is 12.8. The molecule has 0 bridgehead atoms. The summed E-state index contributed by atoms with van der Waals surface area (Å²) in [4.78, 5) is 26.6. The number of anilines is 1. The predicted octanol–water partition coefficient (Wildman–Crippen LogP) is 8.77. The van der Waals surface area contributed by atoms with Gasteiger partial charge in [-0.15, -0.1) is 0 Å². The van der Waals surface area contributed by atoms with Crippen molar-refractivity contribution in [1.82, 2.24) is 0 Å². The standard InChI is InChI=1S/C23H12Cl5NO3S/c24-14-2-1-3-16(9-14)29-22(30)20(33-23(29)31)8-12-6-18(27)21(19(28)7-12)32-11-13-4-5-15(25)10-17(13)26/h1-10H,11H2/b20-8+. The minimum absolute atomic E-state index is 0.132. The van der Waals surface area contributed by atoms with Crippen molar-refractivity contribution in [2.45, 2.75) is 6.61 Å². The summed E-state index contributed by atoms with van der Waals surface area (Å²) in [5, 5.41) is 1.46. The van der Waals surface area contributed by atoms with Gasteiger partial charge in [0.1, 0.15) is 6.61 Å². The first kappa shape index (κ1) is 24.3. The highest BCUT2D eigenvalue weighted by Gasteiger charge is 2.36. The minimum atomic E-state index is -0.461. The number of benzene rings is 3. The Kier molecular flexibility index (Phi) is 7.49. The van der Waals surface area contributed by atoms with Crippen LogP contribution in [0, 0.1) is 0 Å². The molecular weight excluding hydrogens is 548 g/mol. The molecule has 10 heteroatoms. The Morgan fingerprint density at radius 2 is 1.55 bits per heavy atom. The van der Waals surface area contributed by atoms with E-state index in [1.165, 1.54) is 0 Å². The molecule has 0 aliphatic carbocycles.